The van der Waals surface area contributed by atoms with Crippen molar-refractivity contribution in [2.24, 2.45) is 5.73 Å². The lowest BCUT2D eigenvalue weighted by Crippen LogP contribution is -2.10. The van der Waals surface area contributed by atoms with E-state index < -0.39 is 0 Å². The Balaban J connectivity index is 2.32. The number of rotatable bonds is 3. The van der Waals surface area contributed by atoms with Crippen molar-refractivity contribution in [3.8, 4) is 5.75 Å². The quantitative estimate of drug-likeness (QED) is 0.795. The molecule has 3 heteroatoms. The Bertz CT molecular complexity index is 428. The van der Waals surface area contributed by atoms with Crippen molar-refractivity contribution in [1.29, 1.82) is 0 Å². The first kappa shape index (κ1) is 8.97. The van der Waals surface area contributed by atoms with Crippen LogP contribution in [0.5, 0.6) is 5.75 Å². The summed E-state index contributed by atoms with van der Waals surface area (Å²) in [6.45, 7) is 1.08. The molecular weight excluding hydrogens is 176 g/mol. The fourth-order valence-corrected chi connectivity index (χ4v) is 1.32. The van der Waals surface area contributed by atoms with Crippen molar-refractivity contribution < 1.29 is 4.74 Å². The van der Waals surface area contributed by atoms with Gasteiger partial charge in [0, 0.05) is 18.1 Å². The molecule has 0 unspecified atom stereocenters. The van der Waals surface area contributed by atoms with Crippen LogP contribution in [0.3, 0.4) is 0 Å². The molecule has 0 saturated heterocycles. The molecule has 0 aliphatic carbocycles. The van der Waals surface area contributed by atoms with Gasteiger partial charge >= 0.3 is 0 Å². The van der Waals surface area contributed by atoms with Crippen LogP contribution in [0.1, 0.15) is 0 Å². The smallest absolute Gasteiger partial charge is 0.120 e. The van der Waals surface area contributed by atoms with E-state index in [1.165, 1.54) is 0 Å². The molecule has 1 aromatic carbocycles. The maximum atomic E-state index is 5.41. The third-order valence-corrected chi connectivity index (χ3v) is 1.96. The van der Waals surface area contributed by atoms with Gasteiger partial charge in [0.1, 0.15) is 12.4 Å². The molecule has 2 rings (SSSR count). The molecule has 72 valence electrons. The first-order valence-electron chi connectivity index (χ1n) is 4.58. The lowest BCUT2D eigenvalue weighted by molar-refractivity contribution is 0.329. The molecule has 2 N–H and O–H groups in total. The molecule has 1 heterocycles. The fourth-order valence-electron chi connectivity index (χ4n) is 1.32. The lowest BCUT2D eigenvalue weighted by atomic mass is 10.2. The van der Waals surface area contributed by atoms with E-state index in [4.69, 9.17) is 10.5 Å². The summed E-state index contributed by atoms with van der Waals surface area (Å²) in [4.78, 5) is 4.22. The molecule has 2 aromatic rings. The predicted octanol–water partition coefficient (Wildman–Crippen LogP) is 1.57. The summed E-state index contributed by atoms with van der Waals surface area (Å²) in [6, 6.07) is 9.75. The molecule has 1 aromatic heterocycles. The third kappa shape index (κ3) is 1.83. The summed E-state index contributed by atoms with van der Waals surface area (Å²) < 4.78 is 5.41. The topological polar surface area (TPSA) is 48.1 Å². The number of hydrogen-bond acceptors (Lipinski definition) is 3. The molecule has 0 fully saturated rings. The summed E-state index contributed by atoms with van der Waals surface area (Å²) in [5, 5.41) is 1.09. The molecule has 0 amide bonds. The van der Waals surface area contributed by atoms with Crippen LogP contribution in [-0.4, -0.2) is 18.1 Å². The number of nitrogens with zero attached hydrogens (tertiary/aromatic N) is 1. The van der Waals surface area contributed by atoms with Crippen molar-refractivity contribution in [3.05, 3.63) is 36.5 Å². The van der Waals surface area contributed by atoms with Crippen LogP contribution in [0.25, 0.3) is 10.9 Å². The highest BCUT2D eigenvalue weighted by Crippen LogP contribution is 2.18. The zero-order valence-electron chi connectivity index (χ0n) is 7.81. The van der Waals surface area contributed by atoms with E-state index in [0.29, 0.717) is 13.2 Å². The zero-order valence-corrected chi connectivity index (χ0v) is 7.81. The van der Waals surface area contributed by atoms with E-state index in [9.17, 15) is 0 Å². The molecular formula is C11H12N2O. The van der Waals surface area contributed by atoms with Crippen LogP contribution in [0.2, 0.25) is 0 Å². The van der Waals surface area contributed by atoms with Gasteiger partial charge in [0.05, 0.1) is 5.52 Å². The molecule has 3 nitrogen and oxygen atoms in total. The Kier molecular flexibility index (Phi) is 2.60. The summed E-state index contributed by atoms with van der Waals surface area (Å²) in [7, 11) is 0. The van der Waals surface area contributed by atoms with Crippen LogP contribution < -0.4 is 10.5 Å². The molecule has 0 atom stereocenters. The molecule has 0 radical (unpaired) electrons. The fraction of sp³-hybridized carbons (Fsp3) is 0.182. The van der Waals surface area contributed by atoms with Crippen molar-refractivity contribution in [2.75, 3.05) is 13.2 Å². The minimum absolute atomic E-state index is 0.533. The molecule has 0 aliphatic rings. The number of nitrogens with two attached hydrogens (primary N) is 1. The van der Waals surface area contributed by atoms with Crippen LogP contribution >= 0.6 is 0 Å². The van der Waals surface area contributed by atoms with Crippen molar-refractivity contribution in [2.45, 2.75) is 0 Å². The van der Waals surface area contributed by atoms with Crippen molar-refractivity contribution in [3.63, 3.8) is 0 Å². The molecule has 0 saturated carbocycles. The van der Waals surface area contributed by atoms with Gasteiger partial charge in [0.25, 0.3) is 0 Å². The number of hydrogen-bond donors (Lipinski definition) is 1. The Hall–Kier alpha value is -1.61. The second kappa shape index (κ2) is 4.07. The highest BCUT2D eigenvalue weighted by molar-refractivity contribution is 5.79. The lowest BCUT2D eigenvalue weighted by Gasteiger charge is -2.04. The minimum Gasteiger partial charge on any atom is -0.492 e. The summed E-state index contributed by atoms with van der Waals surface area (Å²) in [5.41, 5.74) is 6.33. The Morgan fingerprint density at radius 3 is 3.07 bits per heavy atom. The van der Waals surface area contributed by atoms with Crippen LogP contribution in [0.4, 0.5) is 0 Å². The van der Waals surface area contributed by atoms with Crippen LogP contribution in [-0.2, 0) is 0 Å². The molecule has 14 heavy (non-hydrogen) atoms. The first-order valence-corrected chi connectivity index (χ1v) is 4.58. The van der Waals surface area contributed by atoms with Crippen LogP contribution in [0.15, 0.2) is 36.5 Å². The SMILES string of the molecule is NCCOc1ccc2ncccc2c1. The minimum atomic E-state index is 0.533. The second-order valence-corrected chi connectivity index (χ2v) is 3.00. The summed E-state index contributed by atoms with van der Waals surface area (Å²) >= 11 is 0. The average Bonchev–Trinajstić information content (AvgIpc) is 2.26. The predicted molar refractivity (Wildman–Crippen MR) is 56.3 cm³/mol. The maximum Gasteiger partial charge on any atom is 0.120 e. The second-order valence-electron chi connectivity index (χ2n) is 3.00. The van der Waals surface area contributed by atoms with E-state index >= 15 is 0 Å². The summed E-state index contributed by atoms with van der Waals surface area (Å²) in [5.74, 6) is 0.843. The zero-order chi connectivity index (χ0) is 9.80. The van der Waals surface area contributed by atoms with Gasteiger partial charge in [-0.25, -0.2) is 0 Å². The van der Waals surface area contributed by atoms with E-state index in [1.54, 1.807) is 6.20 Å². The molecule has 0 spiro atoms. The number of ether oxygens (including phenoxy) is 1. The van der Waals surface area contributed by atoms with Crippen molar-refractivity contribution in [1.82, 2.24) is 4.98 Å². The molecule has 0 aliphatic heterocycles. The highest BCUT2D eigenvalue weighted by atomic mass is 16.5. The number of aromatic nitrogens is 1. The monoisotopic (exact) mass is 188 g/mol. The van der Waals surface area contributed by atoms with Gasteiger partial charge in [-0.2, -0.15) is 0 Å². The molecule has 0 bridgehead atoms. The number of benzene rings is 1. The standard InChI is InChI=1S/C11H12N2O/c12-5-7-14-10-3-4-11-9(8-10)2-1-6-13-11/h1-4,6,8H,5,7,12H2. The largest absolute Gasteiger partial charge is 0.492 e. The van der Waals surface area contributed by atoms with E-state index in [-0.39, 0.29) is 0 Å². The van der Waals surface area contributed by atoms with Crippen molar-refractivity contribution >= 4 is 10.9 Å². The summed E-state index contributed by atoms with van der Waals surface area (Å²) in [6.07, 6.45) is 1.78. The van der Waals surface area contributed by atoms with Gasteiger partial charge in [0.2, 0.25) is 0 Å². The van der Waals surface area contributed by atoms with Gasteiger partial charge in [0.15, 0.2) is 0 Å². The first-order chi connectivity index (χ1) is 6.90. The van der Waals surface area contributed by atoms with Gasteiger partial charge in [-0.15, -0.1) is 0 Å². The number of pyridine rings is 1. The van der Waals surface area contributed by atoms with E-state index in [2.05, 4.69) is 4.98 Å². The van der Waals surface area contributed by atoms with E-state index in [0.717, 1.165) is 16.7 Å². The van der Waals surface area contributed by atoms with Gasteiger partial charge < -0.3 is 10.5 Å². The number of fused-ring (bicyclic) bond motifs is 1. The van der Waals surface area contributed by atoms with Gasteiger partial charge in [-0.1, -0.05) is 6.07 Å². The Morgan fingerprint density at radius 2 is 2.21 bits per heavy atom. The van der Waals surface area contributed by atoms with Crippen LogP contribution in [0, 0.1) is 0 Å². The Labute approximate surface area is 82.5 Å². The van der Waals surface area contributed by atoms with Gasteiger partial charge in [-0.05, 0) is 24.3 Å². The normalized spacial score (nSPS) is 10.4. The average molecular weight is 188 g/mol. The van der Waals surface area contributed by atoms with E-state index in [1.807, 2.05) is 30.3 Å². The Morgan fingerprint density at radius 1 is 1.29 bits per heavy atom. The van der Waals surface area contributed by atoms with Gasteiger partial charge in [-0.3, -0.25) is 4.98 Å². The third-order valence-electron chi connectivity index (χ3n) is 1.96. The highest BCUT2D eigenvalue weighted by Gasteiger charge is 1.96. The maximum absolute atomic E-state index is 5.41.